The Morgan fingerprint density at radius 1 is 1.64 bits per heavy atom. The minimum absolute atomic E-state index is 0.434. The van der Waals surface area contributed by atoms with Crippen LogP contribution in [-0.4, -0.2) is 12.6 Å². The minimum Gasteiger partial charge on any atom is -0.352 e. The zero-order chi connectivity index (χ0) is 8.10. The average Bonchev–Trinajstić information content (AvgIpc) is 2.03. The highest BCUT2D eigenvalue weighted by molar-refractivity contribution is 5.71. The fraction of sp³-hybridized carbons (Fsp3) is 0.625. The number of hydrogen-bond donors (Lipinski definition) is 2. The fourth-order valence-corrected chi connectivity index (χ4v) is 1.27. The maximum atomic E-state index is 10.3. The molecule has 0 heterocycles. The molecule has 0 spiro atoms. The number of hydrogen-bond acceptors (Lipinski definition) is 1. The summed E-state index contributed by atoms with van der Waals surface area (Å²) in [4.78, 5) is 10.3. The van der Waals surface area contributed by atoms with Crippen molar-refractivity contribution in [1.29, 1.82) is 0 Å². The van der Waals surface area contributed by atoms with E-state index in [9.17, 15) is 4.79 Å². The first kappa shape index (κ1) is 8.11. The molecule has 3 heteroatoms. The molecule has 0 saturated heterocycles. The van der Waals surface area contributed by atoms with Gasteiger partial charge in [-0.1, -0.05) is 11.6 Å². The van der Waals surface area contributed by atoms with Crippen molar-refractivity contribution in [3.05, 3.63) is 11.6 Å². The second-order valence-corrected chi connectivity index (χ2v) is 2.83. The number of allylic oxidation sites excluding steroid dienone is 1. The van der Waals surface area contributed by atoms with Crippen LogP contribution in [-0.2, 0) is 0 Å². The topological polar surface area (TPSA) is 55.1 Å². The molecule has 3 N–H and O–H groups in total. The van der Waals surface area contributed by atoms with E-state index in [4.69, 9.17) is 5.73 Å². The number of amides is 2. The Morgan fingerprint density at radius 3 is 3.00 bits per heavy atom. The fourth-order valence-electron chi connectivity index (χ4n) is 1.27. The van der Waals surface area contributed by atoms with Crippen LogP contribution in [0.25, 0.3) is 0 Å². The zero-order valence-corrected chi connectivity index (χ0v) is 6.60. The van der Waals surface area contributed by atoms with Gasteiger partial charge in [0.2, 0.25) is 0 Å². The van der Waals surface area contributed by atoms with Crippen LogP contribution in [0, 0.1) is 0 Å². The smallest absolute Gasteiger partial charge is 0.312 e. The van der Waals surface area contributed by atoms with Crippen molar-refractivity contribution < 1.29 is 4.79 Å². The summed E-state index contributed by atoms with van der Waals surface area (Å²) < 4.78 is 0. The predicted octanol–water partition coefficient (Wildman–Crippen LogP) is 1.16. The van der Waals surface area contributed by atoms with Crippen LogP contribution in [0.4, 0.5) is 4.79 Å². The van der Waals surface area contributed by atoms with Crippen LogP contribution in [0.1, 0.15) is 25.7 Å². The van der Waals surface area contributed by atoms with Gasteiger partial charge in [-0.15, -0.1) is 0 Å². The van der Waals surface area contributed by atoms with Crippen LogP contribution in [0.15, 0.2) is 11.6 Å². The van der Waals surface area contributed by atoms with Gasteiger partial charge in [-0.3, -0.25) is 0 Å². The van der Waals surface area contributed by atoms with E-state index >= 15 is 0 Å². The van der Waals surface area contributed by atoms with E-state index in [1.165, 1.54) is 18.4 Å². The molecule has 3 nitrogen and oxygen atoms in total. The third-order valence-corrected chi connectivity index (χ3v) is 1.87. The van der Waals surface area contributed by atoms with Crippen molar-refractivity contribution in [3.8, 4) is 0 Å². The van der Waals surface area contributed by atoms with Gasteiger partial charge in [-0.05, 0) is 25.7 Å². The summed E-state index contributed by atoms with van der Waals surface area (Å²) in [6, 6.07) is -0.434. The minimum atomic E-state index is -0.434. The Bertz CT molecular complexity index is 175. The average molecular weight is 154 g/mol. The number of rotatable bonds is 2. The van der Waals surface area contributed by atoms with Crippen LogP contribution >= 0.6 is 0 Å². The standard InChI is InChI=1S/C8H14N2O/c9-8(11)10-6-7-4-2-1-3-5-7/h4H,1-3,5-6H2,(H3,9,10,11). The van der Waals surface area contributed by atoms with E-state index in [0.717, 1.165) is 12.8 Å². The first-order valence-corrected chi connectivity index (χ1v) is 4.00. The Morgan fingerprint density at radius 2 is 2.45 bits per heavy atom. The van der Waals surface area contributed by atoms with Crippen molar-refractivity contribution in [2.45, 2.75) is 25.7 Å². The number of nitrogens with two attached hydrogens (primary N) is 1. The van der Waals surface area contributed by atoms with Crippen LogP contribution in [0.5, 0.6) is 0 Å². The van der Waals surface area contributed by atoms with E-state index in [0.29, 0.717) is 6.54 Å². The maximum Gasteiger partial charge on any atom is 0.312 e. The second-order valence-electron chi connectivity index (χ2n) is 2.83. The van der Waals surface area contributed by atoms with Gasteiger partial charge in [0.05, 0.1) is 0 Å². The van der Waals surface area contributed by atoms with Crippen LogP contribution in [0.2, 0.25) is 0 Å². The van der Waals surface area contributed by atoms with Gasteiger partial charge in [0, 0.05) is 6.54 Å². The monoisotopic (exact) mass is 154 g/mol. The number of urea groups is 1. The third kappa shape index (κ3) is 3.07. The lowest BCUT2D eigenvalue weighted by molar-refractivity contribution is 0.249. The quantitative estimate of drug-likeness (QED) is 0.576. The largest absolute Gasteiger partial charge is 0.352 e. The molecule has 62 valence electrons. The van der Waals surface area contributed by atoms with Crippen molar-refractivity contribution in [2.24, 2.45) is 5.73 Å². The number of carbonyl (C=O) groups is 1. The number of primary amides is 1. The molecule has 0 aliphatic heterocycles. The van der Waals surface area contributed by atoms with Gasteiger partial charge in [-0.25, -0.2) is 4.79 Å². The molecule has 0 fully saturated rings. The van der Waals surface area contributed by atoms with Gasteiger partial charge in [0.25, 0.3) is 0 Å². The summed E-state index contributed by atoms with van der Waals surface area (Å²) in [6.45, 7) is 0.634. The molecule has 0 bridgehead atoms. The van der Waals surface area contributed by atoms with E-state index in [1.54, 1.807) is 0 Å². The van der Waals surface area contributed by atoms with Crippen molar-refractivity contribution in [1.82, 2.24) is 5.32 Å². The first-order valence-electron chi connectivity index (χ1n) is 4.00. The maximum absolute atomic E-state index is 10.3. The lowest BCUT2D eigenvalue weighted by Gasteiger charge is -2.11. The second kappa shape index (κ2) is 4.01. The van der Waals surface area contributed by atoms with E-state index in [1.807, 2.05) is 0 Å². The van der Waals surface area contributed by atoms with Gasteiger partial charge in [0.15, 0.2) is 0 Å². The Kier molecular flexibility index (Phi) is 2.95. The zero-order valence-electron chi connectivity index (χ0n) is 6.60. The first-order chi connectivity index (χ1) is 5.29. The molecule has 1 aliphatic rings. The highest BCUT2D eigenvalue weighted by Crippen LogP contribution is 2.15. The molecular weight excluding hydrogens is 140 g/mol. The van der Waals surface area contributed by atoms with Crippen molar-refractivity contribution in [3.63, 3.8) is 0 Å². The molecule has 0 unspecified atom stereocenters. The number of nitrogens with one attached hydrogen (secondary N) is 1. The molecule has 11 heavy (non-hydrogen) atoms. The highest BCUT2D eigenvalue weighted by atomic mass is 16.2. The summed E-state index contributed by atoms with van der Waals surface area (Å²) in [7, 11) is 0. The Labute approximate surface area is 66.6 Å². The van der Waals surface area contributed by atoms with Crippen molar-refractivity contribution in [2.75, 3.05) is 6.54 Å². The Balaban J connectivity index is 2.24. The van der Waals surface area contributed by atoms with Gasteiger partial charge >= 0.3 is 6.03 Å². The summed E-state index contributed by atoms with van der Waals surface area (Å²) in [5, 5.41) is 2.59. The molecule has 0 aromatic carbocycles. The van der Waals surface area contributed by atoms with E-state index in [-0.39, 0.29) is 0 Å². The summed E-state index contributed by atoms with van der Waals surface area (Å²) >= 11 is 0. The summed E-state index contributed by atoms with van der Waals surface area (Å²) in [5.41, 5.74) is 6.25. The molecule has 0 aromatic rings. The molecule has 1 aliphatic carbocycles. The molecule has 2 amide bonds. The lowest BCUT2D eigenvalue weighted by atomic mass is 10.00. The van der Waals surface area contributed by atoms with E-state index < -0.39 is 6.03 Å². The van der Waals surface area contributed by atoms with Gasteiger partial charge in [0.1, 0.15) is 0 Å². The van der Waals surface area contributed by atoms with Gasteiger partial charge < -0.3 is 11.1 Å². The van der Waals surface area contributed by atoms with Gasteiger partial charge in [-0.2, -0.15) is 0 Å². The SMILES string of the molecule is NC(=O)NCC1=CCCCC1. The highest BCUT2D eigenvalue weighted by Gasteiger charge is 2.03. The molecule has 0 radical (unpaired) electrons. The molecular formula is C8H14N2O. The Hall–Kier alpha value is -0.990. The summed E-state index contributed by atoms with van der Waals surface area (Å²) in [6.07, 6.45) is 6.97. The lowest BCUT2D eigenvalue weighted by Crippen LogP contribution is -2.31. The van der Waals surface area contributed by atoms with Crippen molar-refractivity contribution >= 4 is 6.03 Å². The molecule has 0 saturated carbocycles. The molecule has 0 aromatic heterocycles. The summed E-state index contributed by atoms with van der Waals surface area (Å²) in [5.74, 6) is 0. The van der Waals surface area contributed by atoms with Crippen LogP contribution < -0.4 is 11.1 Å². The molecule has 0 atom stereocenters. The van der Waals surface area contributed by atoms with Crippen LogP contribution in [0.3, 0.4) is 0 Å². The third-order valence-electron chi connectivity index (χ3n) is 1.87. The van der Waals surface area contributed by atoms with E-state index in [2.05, 4.69) is 11.4 Å². The molecule has 1 rings (SSSR count). The normalized spacial score (nSPS) is 17.3. The number of carbonyl (C=O) groups excluding carboxylic acids is 1. The predicted molar refractivity (Wildman–Crippen MR) is 44.1 cm³/mol.